The number of rotatable bonds is 4. The minimum absolute atomic E-state index is 0.569. The molecule has 0 unspecified atom stereocenters. The average Bonchev–Trinajstić information content (AvgIpc) is 3.67. The highest BCUT2D eigenvalue weighted by Gasteiger charge is 2.22. The quantitative estimate of drug-likeness (QED) is 0.199. The number of hydrogen-bond donors (Lipinski definition) is 0. The van der Waals surface area contributed by atoms with Crippen LogP contribution in [0.2, 0.25) is 0 Å². The van der Waals surface area contributed by atoms with Crippen LogP contribution in [0.5, 0.6) is 0 Å². The fourth-order valence-electron chi connectivity index (χ4n) is 7.60. The fraction of sp³-hybridized carbons (Fsp3) is 0.0455. The lowest BCUT2D eigenvalue weighted by atomic mass is 9.90. The molecule has 4 heteroatoms. The number of para-hydroxylation sites is 4. The molecule has 0 atom stereocenters. The summed E-state index contributed by atoms with van der Waals surface area (Å²) in [6, 6.07) is 50.6. The van der Waals surface area contributed by atoms with Crippen molar-refractivity contribution in [1.29, 1.82) is 10.5 Å². The van der Waals surface area contributed by atoms with Crippen molar-refractivity contribution in [2.45, 2.75) is 12.8 Å². The Labute approximate surface area is 278 Å². The van der Waals surface area contributed by atoms with Gasteiger partial charge in [-0.3, -0.25) is 0 Å². The van der Waals surface area contributed by atoms with E-state index >= 15 is 0 Å². The van der Waals surface area contributed by atoms with Crippen LogP contribution in [0.4, 0.5) is 0 Å². The first-order valence-corrected chi connectivity index (χ1v) is 16.2. The van der Waals surface area contributed by atoms with Crippen LogP contribution in [0.25, 0.3) is 72.4 Å². The van der Waals surface area contributed by atoms with Crippen LogP contribution >= 0.6 is 0 Å². The van der Waals surface area contributed by atoms with E-state index in [1.165, 1.54) is 22.2 Å². The van der Waals surface area contributed by atoms with E-state index in [-0.39, 0.29) is 0 Å². The molecule has 0 N–H and O–H groups in total. The number of nitriles is 2. The van der Waals surface area contributed by atoms with Gasteiger partial charge in [-0.05, 0) is 78.1 Å². The van der Waals surface area contributed by atoms with E-state index in [2.05, 4.69) is 124 Å². The topological polar surface area (TPSA) is 57.4 Å². The first-order chi connectivity index (χ1) is 23.7. The molecule has 0 amide bonds. The van der Waals surface area contributed by atoms with Crippen LogP contribution in [0.1, 0.15) is 28.8 Å². The third-order valence-electron chi connectivity index (χ3n) is 9.68. The van der Waals surface area contributed by atoms with Gasteiger partial charge in [0.05, 0.1) is 39.4 Å². The van der Waals surface area contributed by atoms with Gasteiger partial charge in [0.2, 0.25) is 0 Å². The zero-order valence-corrected chi connectivity index (χ0v) is 26.1. The standard InChI is InChI=1S/C44H28N4/c45-27-29-20-25-33(30-21-23-32(24-22-30)47-40-16-5-1-11-34(40)35-12-2-6-17-41(35)47)39(26-29)38-15-9-10-31(28-46)44(38)48-42-18-7-3-13-36(42)37-14-4-8-19-43(37)48/h1-5,7-16,18-26H,6,17H2. The van der Waals surface area contributed by atoms with E-state index < -0.39 is 0 Å². The van der Waals surface area contributed by atoms with Crippen LogP contribution in [-0.2, 0) is 6.42 Å². The largest absolute Gasteiger partial charge is 0.313 e. The van der Waals surface area contributed by atoms with Crippen molar-refractivity contribution < 1.29 is 0 Å². The zero-order valence-electron chi connectivity index (χ0n) is 26.1. The van der Waals surface area contributed by atoms with Crippen molar-refractivity contribution >= 4 is 38.8 Å². The predicted molar refractivity (Wildman–Crippen MR) is 195 cm³/mol. The van der Waals surface area contributed by atoms with Crippen LogP contribution in [0, 0.1) is 22.7 Å². The van der Waals surface area contributed by atoms with Crippen LogP contribution in [-0.4, -0.2) is 9.13 Å². The summed E-state index contributed by atoms with van der Waals surface area (Å²) in [6.07, 6.45) is 6.57. The minimum atomic E-state index is 0.569. The second-order valence-electron chi connectivity index (χ2n) is 12.3. The Kier molecular flexibility index (Phi) is 6.35. The highest BCUT2D eigenvalue weighted by molar-refractivity contribution is 6.10. The van der Waals surface area contributed by atoms with E-state index in [0.29, 0.717) is 11.1 Å². The summed E-state index contributed by atoms with van der Waals surface area (Å²) in [6.45, 7) is 0. The predicted octanol–water partition coefficient (Wildman–Crippen LogP) is 10.8. The molecule has 224 valence electrons. The number of fused-ring (bicyclic) bond motifs is 6. The van der Waals surface area contributed by atoms with Gasteiger partial charge < -0.3 is 9.13 Å². The Balaban J connectivity index is 1.26. The molecule has 1 aliphatic rings. The van der Waals surface area contributed by atoms with Crippen molar-refractivity contribution in [3.05, 3.63) is 162 Å². The van der Waals surface area contributed by atoms with Crippen molar-refractivity contribution in [2.75, 3.05) is 0 Å². The Morgan fingerprint density at radius 3 is 1.90 bits per heavy atom. The van der Waals surface area contributed by atoms with E-state index in [9.17, 15) is 10.5 Å². The highest BCUT2D eigenvalue weighted by atomic mass is 15.0. The van der Waals surface area contributed by atoms with Crippen LogP contribution in [0.3, 0.4) is 0 Å². The van der Waals surface area contributed by atoms with Gasteiger partial charge in [-0.25, -0.2) is 0 Å². The van der Waals surface area contributed by atoms with E-state index in [0.717, 1.165) is 68.3 Å². The lowest BCUT2D eigenvalue weighted by Gasteiger charge is -2.19. The van der Waals surface area contributed by atoms with Gasteiger partial charge in [0.15, 0.2) is 0 Å². The molecule has 0 bridgehead atoms. The molecule has 0 radical (unpaired) electrons. The molecule has 0 spiro atoms. The molecule has 4 nitrogen and oxygen atoms in total. The van der Waals surface area contributed by atoms with Gasteiger partial charge in [0.1, 0.15) is 6.07 Å². The van der Waals surface area contributed by atoms with Gasteiger partial charge in [-0.1, -0.05) is 97.1 Å². The maximum atomic E-state index is 10.5. The van der Waals surface area contributed by atoms with Gasteiger partial charge in [0, 0.05) is 38.7 Å². The third kappa shape index (κ3) is 4.14. The summed E-state index contributed by atoms with van der Waals surface area (Å²) < 4.78 is 4.60. The first-order valence-electron chi connectivity index (χ1n) is 16.2. The number of allylic oxidation sites excluding steroid dienone is 1. The molecule has 2 aromatic heterocycles. The molecular weight excluding hydrogens is 585 g/mol. The minimum Gasteiger partial charge on any atom is -0.313 e. The maximum Gasteiger partial charge on any atom is 0.101 e. The molecule has 0 saturated carbocycles. The molecule has 0 aliphatic heterocycles. The molecule has 6 aromatic carbocycles. The Morgan fingerprint density at radius 2 is 1.21 bits per heavy atom. The number of hydrogen-bond acceptors (Lipinski definition) is 2. The fourth-order valence-corrected chi connectivity index (χ4v) is 7.60. The summed E-state index contributed by atoms with van der Waals surface area (Å²) in [7, 11) is 0. The van der Waals surface area contributed by atoms with E-state index in [1.807, 2.05) is 42.5 Å². The lowest BCUT2D eigenvalue weighted by Crippen LogP contribution is -2.03. The maximum absolute atomic E-state index is 10.5. The van der Waals surface area contributed by atoms with E-state index in [4.69, 9.17) is 0 Å². The summed E-state index contributed by atoms with van der Waals surface area (Å²) >= 11 is 0. The SMILES string of the molecule is N#Cc1ccc(-c2ccc(-n3c4c(c5ccccc53)C=CCC4)cc2)c(-c2cccc(C#N)c2-n2c3ccccc3c3ccccc32)c1. The molecule has 8 aromatic rings. The number of aromatic nitrogens is 2. The molecule has 0 fully saturated rings. The highest BCUT2D eigenvalue weighted by Crippen LogP contribution is 2.42. The summed E-state index contributed by atoms with van der Waals surface area (Å²) in [5, 5.41) is 24.0. The number of nitrogens with zero attached hydrogens (tertiary/aromatic N) is 4. The van der Waals surface area contributed by atoms with Crippen molar-refractivity contribution in [3.8, 4) is 45.8 Å². The molecule has 48 heavy (non-hydrogen) atoms. The summed E-state index contributed by atoms with van der Waals surface area (Å²) in [5.41, 5.74) is 12.8. The Bertz CT molecular complexity index is 2630. The normalized spacial score (nSPS) is 12.3. The number of benzene rings is 6. The molecule has 2 heterocycles. The first kappa shape index (κ1) is 27.7. The molecule has 0 saturated heterocycles. The molecule has 1 aliphatic carbocycles. The Morgan fingerprint density at radius 1 is 0.542 bits per heavy atom. The van der Waals surface area contributed by atoms with E-state index in [1.54, 1.807) is 0 Å². The zero-order chi connectivity index (χ0) is 32.2. The van der Waals surface area contributed by atoms with Gasteiger partial charge in [0.25, 0.3) is 0 Å². The lowest BCUT2D eigenvalue weighted by molar-refractivity contribution is 0.888. The Hall–Kier alpha value is -6.62. The third-order valence-corrected chi connectivity index (χ3v) is 9.68. The second-order valence-corrected chi connectivity index (χ2v) is 12.3. The summed E-state index contributed by atoms with van der Waals surface area (Å²) in [5.74, 6) is 0. The van der Waals surface area contributed by atoms with Crippen molar-refractivity contribution in [1.82, 2.24) is 9.13 Å². The van der Waals surface area contributed by atoms with Gasteiger partial charge in [-0.15, -0.1) is 0 Å². The van der Waals surface area contributed by atoms with Crippen molar-refractivity contribution in [3.63, 3.8) is 0 Å². The summed E-state index contributed by atoms with van der Waals surface area (Å²) in [4.78, 5) is 0. The smallest absolute Gasteiger partial charge is 0.101 e. The second kappa shape index (κ2) is 11.0. The molecule has 9 rings (SSSR count). The van der Waals surface area contributed by atoms with Crippen LogP contribution in [0.15, 0.2) is 140 Å². The van der Waals surface area contributed by atoms with Crippen LogP contribution < -0.4 is 0 Å². The van der Waals surface area contributed by atoms with Crippen molar-refractivity contribution in [2.24, 2.45) is 0 Å². The average molecular weight is 613 g/mol. The molecular formula is C44H28N4. The van der Waals surface area contributed by atoms with Gasteiger partial charge in [-0.2, -0.15) is 10.5 Å². The van der Waals surface area contributed by atoms with Gasteiger partial charge >= 0.3 is 0 Å². The monoisotopic (exact) mass is 612 g/mol.